The molecule has 0 saturated heterocycles. The summed E-state index contributed by atoms with van der Waals surface area (Å²) in [5.41, 5.74) is 0.171. The molecule has 0 amide bonds. The summed E-state index contributed by atoms with van der Waals surface area (Å²) in [5, 5.41) is 20.9. The van der Waals surface area contributed by atoms with Crippen molar-refractivity contribution in [3.05, 3.63) is 84.7 Å². The summed E-state index contributed by atoms with van der Waals surface area (Å²) in [6.07, 6.45) is 2.54. The zero-order valence-corrected chi connectivity index (χ0v) is 14.2. The number of benzene rings is 2. The van der Waals surface area contributed by atoms with Crippen molar-refractivity contribution in [3.8, 4) is 6.07 Å². The van der Waals surface area contributed by atoms with Crippen LogP contribution in [0, 0.1) is 21.4 Å². The molecule has 0 aliphatic carbocycles. The van der Waals surface area contributed by atoms with E-state index in [1.807, 2.05) is 6.07 Å². The van der Waals surface area contributed by atoms with Crippen LogP contribution in [0.5, 0.6) is 0 Å². The Balaban J connectivity index is 2.21. The number of nitrogens with zero attached hydrogens (tertiary/aromatic N) is 2. The van der Waals surface area contributed by atoms with Crippen LogP contribution in [0.3, 0.4) is 0 Å². The van der Waals surface area contributed by atoms with Gasteiger partial charge in [0.25, 0.3) is 5.69 Å². The molecule has 0 unspecified atom stereocenters. The van der Waals surface area contributed by atoms with Gasteiger partial charge in [-0.3, -0.25) is 14.9 Å². The molecule has 2 aromatic carbocycles. The van der Waals surface area contributed by atoms with E-state index in [4.69, 9.17) is 4.42 Å². The van der Waals surface area contributed by atoms with Gasteiger partial charge in [-0.1, -0.05) is 28.1 Å². The predicted molar refractivity (Wildman–Crippen MR) is 96.8 cm³/mol. The highest BCUT2D eigenvalue weighted by atomic mass is 79.9. The quantitative estimate of drug-likeness (QED) is 0.368. The maximum Gasteiger partial charge on any atom is 0.277 e. The van der Waals surface area contributed by atoms with Gasteiger partial charge in [0.05, 0.1) is 27.0 Å². The zero-order valence-electron chi connectivity index (χ0n) is 12.6. The second-order valence-corrected chi connectivity index (χ2v) is 6.02. The number of hydrogen-bond acceptors (Lipinski definition) is 5. The zero-order chi connectivity index (χ0) is 18.0. The van der Waals surface area contributed by atoms with Gasteiger partial charge in [-0.2, -0.15) is 5.26 Å². The highest BCUT2D eigenvalue weighted by molar-refractivity contribution is 9.10. The first kappa shape index (κ1) is 16.6. The third-order valence-electron chi connectivity index (χ3n) is 3.57. The Morgan fingerprint density at radius 3 is 2.76 bits per heavy atom. The monoisotopic (exact) mass is 396 g/mol. The van der Waals surface area contributed by atoms with Crippen LogP contribution in [-0.2, 0) is 0 Å². The van der Waals surface area contributed by atoms with E-state index in [9.17, 15) is 20.2 Å². The van der Waals surface area contributed by atoms with Crippen molar-refractivity contribution in [3.63, 3.8) is 0 Å². The van der Waals surface area contributed by atoms with Crippen molar-refractivity contribution in [2.24, 2.45) is 0 Å². The van der Waals surface area contributed by atoms with Crippen molar-refractivity contribution in [2.75, 3.05) is 0 Å². The van der Waals surface area contributed by atoms with Gasteiger partial charge in [0, 0.05) is 10.5 Å². The van der Waals surface area contributed by atoms with Crippen molar-refractivity contribution in [1.29, 1.82) is 5.26 Å². The Labute approximate surface area is 149 Å². The van der Waals surface area contributed by atoms with Crippen molar-refractivity contribution in [1.82, 2.24) is 0 Å². The van der Waals surface area contributed by atoms with Gasteiger partial charge >= 0.3 is 0 Å². The van der Waals surface area contributed by atoms with Crippen LogP contribution in [0.1, 0.15) is 11.1 Å². The minimum Gasteiger partial charge on any atom is -0.463 e. The largest absolute Gasteiger partial charge is 0.463 e. The smallest absolute Gasteiger partial charge is 0.277 e. The third kappa shape index (κ3) is 3.20. The Morgan fingerprint density at radius 2 is 2.04 bits per heavy atom. The number of nitro groups is 1. The lowest BCUT2D eigenvalue weighted by molar-refractivity contribution is -0.385. The number of para-hydroxylation sites is 1. The average molecular weight is 397 g/mol. The van der Waals surface area contributed by atoms with Gasteiger partial charge in [-0.15, -0.1) is 0 Å². The molecule has 1 heterocycles. The van der Waals surface area contributed by atoms with E-state index in [1.165, 1.54) is 30.5 Å². The Hall–Kier alpha value is -3.24. The highest BCUT2D eigenvalue weighted by Gasteiger charge is 2.17. The van der Waals surface area contributed by atoms with Gasteiger partial charge < -0.3 is 4.42 Å². The maximum absolute atomic E-state index is 12.6. The molecule has 122 valence electrons. The maximum atomic E-state index is 12.6. The number of nitriles is 1. The van der Waals surface area contributed by atoms with E-state index >= 15 is 0 Å². The molecular weight excluding hydrogens is 388 g/mol. The van der Waals surface area contributed by atoms with Gasteiger partial charge in [0.1, 0.15) is 17.9 Å². The molecule has 25 heavy (non-hydrogen) atoms. The first-order chi connectivity index (χ1) is 12.0. The molecular formula is C18H9BrN2O4. The number of halogens is 1. The third-order valence-corrected chi connectivity index (χ3v) is 4.07. The fourth-order valence-electron chi connectivity index (χ4n) is 2.40. The molecule has 0 fully saturated rings. The number of allylic oxidation sites excluding steroid dienone is 1. The minimum atomic E-state index is -0.569. The molecule has 0 N–H and O–H groups in total. The number of nitro benzene ring substituents is 1. The summed E-state index contributed by atoms with van der Waals surface area (Å²) in [6, 6.07) is 12.8. The van der Waals surface area contributed by atoms with Gasteiger partial charge in [0.15, 0.2) is 5.43 Å². The SMILES string of the molecule is N#C/C(=C\c1coc2ccc(Br)cc2c1=O)c1ccccc1[N+](=O)[O-]. The Morgan fingerprint density at radius 1 is 1.28 bits per heavy atom. The van der Waals surface area contributed by atoms with E-state index in [-0.39, 0.29) is 27.8 Å². The molecule has 1 aromatic heterocycles. The average Bonchev–Trinajstić information content (AvgIpc) is 2.61. The Kier molecular flexibility index (Phi) is 4.46. The van der Waals surface area contributed by atoms with E-state index in [1.54, 1.807) is 24.3 Å². The fraction of sp³-hybridized carbons (Fsp3) is 0. The summed E-state index contributed by atoms with van der Waals surface area (Å²) in [6.45, 7) is 0. The molecule has 3 aromatic rings. The lowest BCUT2D eigenvalue weighted by atomic mass is 10.0. The highest BCUT2D eigenvalue weighted by Crippen LogP contribution is 2.27. The molecule has 0 bridgehead atoms. The van der Waals surface area contributed by atoms with Crippen LogP contribution >= 0.6 is 15.9 Å². The molecule has 0 aliphatic heterocycles. The van der Waals surface area contributed by atoms with Crippen LogP contribution in [0.25, 0.3) is 22.6 Å². The van der Waals surface area contributed by atoms with Crippen LogP contribution in [0.2, 0.25) is 0 Å². The second kappa shape index (κ2) is 6.71. The number of rotatable bonds is 3. The molecule has 0 aliphatic rings. The molecule has 3 rings (SSSR count). The summed E-state index contributed by atoms with van der Waals surface area (Å²) < 4.78 is 6.14. The first-order valence-electron chi connectivity index (χ1n) is 7.08. The predicted octanol–water partition coefficient (Wildman–Crippen LogP) is 4.53. The summed E-state index contributed by atoms with van der Waals surface area (Å²) in [4.78, 5) is 23.2. The lowest BCUT2D eigenvalue weighted by Gasteiger charge is -2.02. The van der Waals surface area contributed by atoms with Crippen molar-refractivity contribution < 1.29 is 9.34 Å². The molecule has 6 nitrogen and oxygen atoms in total. The standard InChI is InChI=1S/C18H9BrN2O4/c19-13-5-6-17-15(8-13)18(22)12(10-25-17)7-11(9-20)14-3-1-2-4-16(14)21(23)24/h1-8,10H/b11-7+. The Bertz CT molecular complexity index is 1130. The molecule has 0 atom stereocenters. The van der Waals surface area contributed by atoms with Crippen LogP contribution < -0.4 is 5.43 Å². The van der Waals surface area contributed by atoms with Gasteiger partial charge in [0.2, 0.25) is 0 Å². The molecule has 0 radical (unpaired) electrons. The fourth-order valence-corrected chi connectivity index (χ4v) is 2.77. The van der Waals surface area contributed by atoms with Crippen molar-refractivity contribution >= 4 is 44.2 Å². The number of hydrogen-bond donors (Lipinski definition) is 0. The molecule has 7 heteroatoms. The summed E-state index contributed by atoms with van der Waals surface area (Å²) in [7, 11) is 0. The normalized spacial score (nSPS) is 11.3. The molecule has 0 saturated carbocycles. The number of fused-ring (bicyclic) bond motifs is 1. The van der Waals surface area contributed by atoms with Crippen LogP contribution in [0.15, 0.2) is 62.4 Å². The topological polar surface area (TPSA) is 97.1 Å². The van der Waals surface area contributed by atoms with Crippen molar-refractivity contribution in [2.45, 2.75) is 0 Å². The van der Waals surface area contributed by atoms with Crippen LogP contribution in [0.4, 0.5) is 5.69 Å². The second-order valence-electron chi connectivity index (χ2n) is 5.10. The van der Waals surface area contributed by atoms with E-state index < -0.39 is 4.92 Å². The lowest BCUT2D eigenvalue weighted by Crippen LogP contribution is -2.05. The van der Waals surface area contributed by atoms with Crippen LogP contribution in [-0.4, -0.2) is 4.92 Å². The molecule has 0 spiro atoms. The first-order valence-corrected chi connectivity index (χ1v) is 7.87. The van der Waals surface area contributed by atoms with E-state index in [0.29, 0.717) is 15.4 Å². The minimum absolute atomic E-state index is 0.00828. The van der Waals surface area contributed by atoms with E-state index in [0.717, 1.165) is 0 Å². The summed E-state index contributed by atoms with van der Waals surface area (Å²) in [5.74, 6) is 0. The summed E-state index contributed by atoms with van der Waals surface area (Å²) >= 11 is 3.29. The van der Waals surface area contributed by atoms with Gasteiger partial charge in [-0.05, 0) is 30.3 Å². The van der Waals surface area contributed by atoms with E-state index in [2.05, 4.69) is 15.9 Å². The van der Waals surface area contributed by atoms with Gasteiger partial charge in [-0.25, -0.2) is 0 Å².